The van der Waals surface area contributed by atoms with Crippen LogP contribution in [0.5, 0.6) is 0 Å². The van der Waals surface area contributed by atoms with Gasteiger partial charge in [-0.25, -0.2) is 0 Å². The number of carbonyl (C=O) groups excluding carboxylic acids is 2. The molecule has 2 heterocycles. The van der Waals surface area contributed by atoms with Crippen LogP contribution in [0, 0.1) is 11.8 Å². The Kier molecular flexibility index (Phi) is 5.07. The Morgan fingerprint density at radius 2 is 1.54 bits per heavy atom. The summed E-state index contributed by atoms with van der Waals surface area (Å²) in [5.41, 5.74) is -0.0999. The maximum Gasteiger partial charge on any atom is 0.416 e. The molecule has 1 aliphatic carbocycles. The molecule has 3 aliphatic rings. The monoisotopic (exact) mass is 395 g/mol. The van der Waals surface area contributed by atoms with Crippen LogP contribution in [0.4, 0.5) is 18.9 Å². The fraction of sp³-hybridized carbons (Fsp3) is 0.600. The van der Waals surface area contributed by atoms with Gasteiger partial charge in [-0.15, -0.1) is 0 Å². The fourth-order valence-electron chi connectivity index (χ4n) is 4.60. The van der Waals surface area contributed by atoms with Crippen molar-refractivity contribution >= 4 is 17.5 Å². The van der Waals surface area contributed by atoms with E-state index in [0.29, 0.717) is 38.5 Å². The van der Waals surface area contributed by atoms with Crippen molar-refractivity contribution in [3.05, 3.63) is 29.8 Å². The number of imide groups is 1. The number of likely N-dealkylation sites (tertiary alicyclic amines) is 1. The summed E-state index contributed by atoms with van der Waals surface area (Å²) < 4.78 is 38.8. The van der Waals surface area contributed by atoms with Gasteiger partial charge in [-0.2, -0.15) is 13.2 Å². The molecule has 5 nitrogen and oxygen atoms in total. The Balaban J connectivity index is 1.36. The Labute approximate surface area is 162 Å². The van der Waals surface area contributed by atoms with Crippen molar-refractivity contribution in [2.45, 2.75) is 31.9 Å². The predicted octanol–water partition coefficient (Wildman–Crippen LogP) is 2.96. The summed E-state index contributed by atoms with van der Waals surface area (Å²) in [7, 11) is 0. The Morgan fingerprint density at radius 3 is 2.11 bits per heavy atom. The Morgan fingerprint density at radius 1 is 0.929 bits per heavy atom. The third-order valence-corrected chi connectivity index (χ3v) is 6.18. The number of anilines is 1. The van der Waals surface area contributed by atoms with Crippen molar-refractivity contribution in [1.82, 2.24) is 9.80 Å². The normalized spacial score (nSPS) is 26.7. The molecular formula is C20H24F3N3O2. The average molecular weight is 395 g/mol. The molecule has 28 heavy (non-hydrogen) atoms. The van der Waals surface area contributed by atoms with Crippen molar-refractivity contribution in [2.24, 2.45) is 11.8 Å². The molecule has 0 radical (unpaired) electrons. The zero-order valence-corrected chi connectivity index (χ0v) is 15.6. The minimum absolute atomic E-state index is 0.0463. The molecule has 1 saturated carbocycles. The third kappa shape index (κ3) is 3.62. The van der Waals surface area contributed by atoms with Gasteiger partial charge in [0.15, 0.2) is 0 Å². The lowest BCUT2D eigenvalue weighted by atomic mass is 9.81. The molecule has 0 spiro atoms. The van der Waals surface area contributed by atoms with Crippen molar-refractivity contribution < 1.29 is 22.8 Å². The summed E-state index contributed by atoms with van der Waals surface area (Å²) in [6, 6.07) is 5.36. The van der Waals surface area contributed by atoms with Gasteiger partial charge in [0.2, 0.25) is 11.8 Å². The van der Waals surface area contributed by atoms with E-state index in [2.05, 4.69) is 0 Å². The maximum absolute atomic E-state index is 12.9. The number of benzene rings is 1. The second-order valence-electron chi connectivity index (χ2n) is 7.90. The van der Waals surface area contributed by atoms with E-state index < -0.39 is 11.7 Å². The zero-order chi connectivity index (χ0) is 19.9. The third-order valence-electron chi connectivity index (χ3n) is 6.18. The minimum atomic E-state index is -4.36. The van der Waals surface area contributed by atoms with Gasteiger partial charge in [-0.05, 0) is 31.0 Å². The minimum Gasteiger partial charge on any atom is -0.369 e. The highest BCUT2D eigenvalue weighted by Gasteiger charge is 2.48. The van der Waals surface area contributed by atoms with E-state index in [-0.39, 0.29) is 23.7 Å². The molecule has 152 valence electrons. The standard InChI is InChI=1S/C20H24F3N3O2/c21-20(22,23)14-4-3-5-15(12-14)25-10-8-24(9-11-25)13-26-18(27)16-6-1-2-7-17(16)19(26)28/h3-5,12,16-17H,1-2,6-11,13H2/t16-,17-/m1/s1. The molecular weight excluding hydrogens is 371 g/mol. The van der Waals surface area contributed by atoms with Crippen LogP contribution >= 0.6 is 0 Å². The van der Waals surface area contributed by atoms with Crippen LogP contribution in [0.15, 0.2) is 24.3 Å². The SMILES string of the molecule is O=C1[C@@H]2CCCC[C@H]2C(=O)N1CN1CCN(c2cccc(C(F)(F)F)c2)CC1. The first kappa shape index (κ1) is 19.2. The lowest BCUT2D eigenvalue weighted by molar-refractivity contribution is -0.142. The van der Waals surface area contributed by atoms with Gasteiger partial charge in [-0.1, -0.05) is 18.9 Å². The lowest BCUT2D eigenvalue weighted by Crippen LogP contribution is -2.51. The predicted molar refractivity (Wildman–Crippen MR) is 97.4 cm³/mol. The van der Waals surface area contributed by atoms with E-state index in [9.17, 15) is 22.8 Å². The molecule has 2 saturated heterocycles. The van der Waals surface area contributed by atoms with Gasteiger partial charge >= 0.3 is 6.18 Å². The molecule has 8 heteroatoms. The summed E-state index contributed by atoms with van der Waals surface area (Å²) in [5, 5.41) is 0. The van der Waals surface area contributed by atoms with Crippen LogP contribution < -0.4 is 4.90 Å². The van der Waals surface area contributed by atoms with Crippen molar-refractivity contribution in [1.29, 1.82) is 0 Å². The molecule has 3 fully saturated rings. The van der Waals surface area contributed by atoms with Crippen LogP contribution in [0.25, 0.3) is 0 Å². The van der Waals surface area contributed by atoms with Crippen molar-refractivity contribution in [3.63, 3.8) is 0 Å². The maximum atomic E-state index is 12.9. The molecule has 0 unspecified atom stereocenters. The summed E-state index contributed by atoms with van der Waals surface area (Å²) in [5.74, 6) is -0.384. The lowest BCUT2D eigenvalue weighted by Gasteiger charge is -2.37. The van der Waals surface area contributed by atoms with Gasteiger partial charge in [0, 0.05) is 31.9 Å². The number of halogens is 3. The molecule has 2 atom stereocenters. The number of rotatable bonds is 3. The number of carbonyl (C=O) groups is 2. The van der Waals surface area contributed by atoms with Crippen molar-refractivity contribution in [2.75, 3.05) is 37.7 Å². The van der Waals surface area contributed by atoms with E-state index in [4.69, 9.17) is 0 Å². The Bertz CT molecular complexity index is 735. The highest BCUT2D eigenvalue weighted by atomic mass is 19.4. The largest absolute Gasteiger partial charge is 0.416 e. The van der Waals surface area contributed by atoms with Gasteiger partial charge in [0.1, 0.15) is 0 Å². The van der Waals surface area contributed by atoms with E-state index in [1.54, 1.807) is 6.07 Å². The van der Waals surface area contributed by atoms with Gasteiger partial charge in [-0.3, -0.25) is 19.4 Å². The van der Waals surface area contributed by atoms with E-state index in [1.165, 1.54) is 17.0 Å². The summed E-state index contributed by atoms with van der Waals surface area (Å²) in [6.07, 6.45) is -0.747. The van der Waals surface area contributed by atoms with Gasteiger partial charge in [0.25, 0.3) is 0 Å². The van der Waals surface area contributed by atoms with Crippen LogP contribution in [0.2, 0.25) is 0 Å². The number of amides is 2. The molecule has 4 rings (SSSR count). The van der Waals surface area contributed by atoms with Gasteiger partial charge in [0.05, 0.1) is 24.1 Å². The summed E-state index contributed by atoms with van der Waals surface area (Å²) >= 11 is 0. The number of alkyl halides is 3. The first-order chi connectivity index (χ1) is 13.3. The number of hydrogen-bond acceptors (Lipinski definition) is 4. The smallest absolute Gasteiger partial charge is 0.369 e. The van der Waals surface area contributed by atoms with E-state index >= 15 is 0 Å². The molecule has 2 aliphatic heterocycles. The average Bonchev–Trinajstić information content (AvgIpc) is 2.93. The van der Waals surface area contributed by atoms with Crippen LogP contribution in [-0.2, 0) is 15.8 Å². The number of fused-ring (bicyclic) bond motifs is 1. The molecule has 1 aromatic rings. The van der Waals surface area contributed by atoms with Crippen molar-refractivity contribution in [3.8, 4) is 0 Å². The molecule has 0 N–H and O–H groups in total. The number of nitrogens with zero attached hydrogens (tertiary/aromatic N) is 3. The van der Waals surface area contributed by atoms with Gasteiger partial charge < -0.3 is 4.90 Å². The molecule has 1 aromatic carbocycles. The second-order valence-corrected chi connectivity index (χ2v) is 7.90. The fourth-order valence-corrected chi connectivity index (χ4v) is 4.60. The van der Waals surface area contributed by atoms with E-state index in [0.717, 1.165) is 31.7 Å². The summed E-state index contributed by atoms with van der Waals surface area (Å²) in [4.78, 5) is 30.6. The van der Waals surface area contributed by atoms with Crippen LogP contribution in [-0.4, -0.2) is 54.5 Å². The quantitative estimate of drug-likeness (QED) is 0.739. The topological polar surface area (TPSA) is 43.9 Å². The Hall–Kier alpha value is -2.09. The summed E-state index contributed by atoms with van der Waals surface area (Å²) in [6.45, 7) is 2.61. The first-order valence-corrected chi connectivity index (χ1v) is 9.84. The zero-order valence-electron chi connectivity index (χ0n) is 15.6. The van der Waals surface area contributed by atoms with Crippen LogP contribution in [0.3, 0.4) is 0 Å². The number of hydrogen-bond donors (Lipinski definition) is 0. The van der Waals surface area contributed by atoms with E-state index in [1.807, 2.05) is 9.80 Å². The molecule has 0 bridgehead atoms. The highest BCUT2D eigenvalue weighted by Crippen LogP contribution is 2.38. The first-order valence-electron chi connectivity index (χ1n) is 9.84. The second kappa shape index (κ2) is 7.39. The highest BCUT2D eigenvalue weighted by molar-refractivity contribution is 6.05. The van der Waals surface area contributed by atoms with Crippen LogP contribution in [0.1, 0.15) is 31.2 Å². The molecule has 2 amide bonds. The molecule has 0 aromatic heterocycles. The number of piperazine rings is 1.